The number of pyridine rings is 1. The molecule has 0 aliphatic carbocycles. The molecule has 7 nitrogen and oxygen atoms in total. The Labute approximate surface area is 162 Å². The zero-order chi connectivity index (χ0) is 18.9. The quantitative estimate of drug-likeness (QED) is 0.488. The van der Waals surface area contributed by atoms with Gasteiger partial charge in [-0.2, -0.15) is 0 Å². The maximum Gasteiger partial charge on any atom is 0.414 e. The molecule has 3 rings (SSSR count). The molecule has 0 aliphatic heterocycles. The topological polar surface area (TPSA) is 105 Å². The third-order valence-corrected chi connectivity index (χ3v) is 5.25. The Kier molecular flexibility index (Phi) is 7.64. The number of rotatable bonds is 5. The summed E-state index contributed by atoms with van der Waals surface area (Å²) in [5.41, 5.74) is 0. The van der Waals surface area contributed by atoms with Crippen molar-refractivity contribution in [3.63, 3.8) is 0 Å². The van der Waals surface area contributed by atoms with Gasteiger partial charge in [0.2, 0.25) is 0 Å². The first-order valence-electron chi connectivity index (χ1n) is 7.18. The fraction of sp³-hybridized carbons (Fsp3) is 0.125. The highest BCUT2D eigenvalue weighted by Gasteiger charge is 2.15. The molecule has 3 aromatic heterocycles. The summed E-state index contributed by atoms with van der Waals surface area (Å²) in [5.74, 6) is -2.74. The second-order valence-corrected chi connectivity index (χ2v) is 7.23. The number of halogens is 1. The Morgan fingerprint density at radius 3 is 2.54 bits per heavy atom. The van der Waals surface area contributed by atoms with Gasteiger partial charge in [-0.3, -0.25) is 0 Å². The van der Waals surface area contributed by atoms with E-state index in [0.717, 1.165) is 10.8 Å². The number of hydrogen-bond acceptors (Lipinski definition) is 6. The van der Waals surface area contributed by atoms with E-state index in [1.807, 2.05) is 30.9 Å². The number of aromatic nitrogens is 3. The summed E-state index contributed by atoms with van der Waals surface area (Å²) < 4.78 is 2.13. The average molecular weight is 412 g/mol. The molecule has 0 bridgehead atoms. The van der Waals surface area contributed by atoms with Crippen molar-refractivity contribution in [2.75, 3.05) is 5.75 Å². The van der Waals surface area contributed by atoms with Crippen molar-refractivity contribution < 1.29 is 19.8 Å². The Hall–Kier alpha value is -2.36. The molecule has 10 heteroatoms. The van der Waals surface area contributed by atoms with Crippen molar-refractivity contribution in [2.45, 2.75) is 11.1 Å². The van der Waals surface area contributed by atoms with Crippen LogP contribution in [0.25, 0.3) is 0 Å². The predicted octanol–water partition coefficient (Wildman–Crippen LogP) is 3.53. The average Bonchev–Trinajstić information content (AvgIpc) is 3.31. The van der Waals surface area contributed by atoms with Gasteiger partial charge in [-0.05, 0) is 23.6 Å². The van der Waals surface area contributed by atoms with Crippen LogP contribution in [0, 0.1) is 0 Å². The number of thioether (sulfide) groups is 1. The van der Waals surface area contributed by atoms with Crippen LogP contribution in [0.1, 0.15) is 10.9 Å². The normalized spacial score (nSPS) is 11.3. The molecule has 26 heavy (non-hydrogen) atoms. The van der Waals surface area contributed by atoms with Gasteiger partial charge in [-0.25, -0.2) is 19.6 Å². The molecule has 2 N–H and O–H groups in total. The molecule has 0 saturated carbocycles. The standard InChI is InChI=1S/C14H12ClN3S2.C2H2O4/c15-11-3-4-14(17-8-11)20-9-12(13-2-1-7-19-13)18-6-5-16-10-18;3-1(4)2(5)6/h1-8,10,12H,9H2;(H,3,4)(H,5,6). The van der Waals surface area contributed by atoms with E-state index in [1.54, 1.807) is 29.3 Å². The number of hydrogen-bond donors (Lipinski definition) is 2. The van der Waals surface area contributed by atoms with Gasteiger partial charge in [0.1, 0.15) is 0 Å². The van der Waals surface area contributed by atoms with E-state index in [4.69, 9.17) is 31.4 Å². The van der Waals surface area contributed by atoms with Gasteiger partial charge in [0.05, 0.1) is 22.4 Å². The van der Waals surface area contributed by atoms with Crippen LogP contribution in [-0.4, -0.2) is 42.4 Å². The fourth-order valence-corrected chi connectivity index (χ4v) is 3.88. The lowest BCUT2D eigenvalue weighted by molar-refractivity contribution is -0.159. The van der Waals surface area contributed by atoms with Crippen molar-refractivity contribution in [2.24, 2.45) is 0 Å². The number of thiophene rings is 1. The largest absolute Gasteiger partial charge is 0.473 e. The van der Waals surface area contributed by atoms with Crippen LogP contribution in [0.5, 0.6) is 0 Å². The van der Waals surface area contributed by atoms with E-state index in [9.17, 15) is 0 Å². The highest BCUT2D eigenvalue weighted by atomic mass is 35.5. The minimum atomic E-state index is -1.82. The van der Waals surface area contributed by atoms with E-state index in [1.165, 1.54) is 4.88 Å². The summed E-state index contributed by atoms with van der Waals surface area (Å²) in [6.45, 7) is 0. The number of carboxylic acid groups (broad SMARTS) is 2. The number of carbonyl (C=O) groups is 2. The molecular weight excluding hydrogens is 398 g/mol. The lowest BCUT2D eigenvalue weighted by Gasteiger charge is -2.16. The Balaban J connectivity index is 0.000000352. The number of imidazole rings is 1. The van der Waals surface area contributed by atoms with Gasteiger partial charge in [0.15, 0.2) is 0 Å². The second-order valence-electron chi connectivity index (χ2n) is 4.78. The highest BCUT2D eigenvalue weighted by molar-refractivity contribution is 7.99. The third-order valence-electron chi connectivity index (χ3n) is 3.03. The summed E-state index contributed by atoms with van der Waals surface area (Å²) in [7, 11) is 0. The van der Waals surface area contributed by atoms with Crippen LogP contribution >= 0.6 is 34.7 Å². The third kappa shape index (κ3) is 6.17. The maximum absolute atomic E-state index is 9.10. The Morgan fingerprint density at radius 1 is 1.27 bits per heavy atom. The number of aliphatic carboxylic acids is 2. The molecule has 3 heterocycles. The van der Waals surface area contributed by atoms with Gasteiger partial charge in [0, 0.05) is 29.2 Å². The molecule has 0 aliphatic rings. The molecule has 136 valence electrons. The number of nitrogens with zero attached hydrogens (tertiary/aromatic N) is 3. The van der Waals surface area contributed by atoms with Crippen molar-refractivity contribution in [3.05, 3.63) is 64.5 Å². The molecule has 0 saturated heterocycles. The summed E-state index contributed by atoms with van der Waals surface area (Å²) in [4.78, 5) is 28.0. The van der Waals surface area contributed by atoms with Crippen molar-refractivity contribution in [1.82, 2.24) is 14.5 Å². The SMILES string of the molecule is Clc1ccc(SCC(c2cccs2)n2ccnc2)nc1.O=C(O)C(=O)O. The zero-order valence-electron chi connectivity index (χ0n) is 13.2. The predicted molar refractivity (Wildman–Crippen MR) is 99.9 cm³/mol. The first-order chi connectivity index (χ1) is 12.5. The van der Waals surface area contributed by atoms with Gasteiger partial charge in [-0.15, -0.1) is 23.1 Å². The fourth-order valence-electron chi connectivity index (χ4n) is 1.86. The molecule has 0 amide bonds. The summed E-state index contributed by atoms with van der Waals surface area (Å²) in [6.07, 6.45) is 7.35. The van der Waals surface area contributed by atoms with E-state index in [-0.39, 0.29) is 6.04 Å². The van der Waals surface area contributed by atoms with E-state index in [0.29, 0.717) is 5.02 Å². The van der Waals surface area contributed by atoms with Crippen LogP contribution in [0.4, 0.5) is 0 Å². The summed E-state index contributed by atoms with van der Waals surface area (Å²) in [5, 5.41) is 18.5. The maximum atomic E-state index is 9.10. The molecule has 3 aromatic rings. The van der Waals surface area contributed by atoms with E-state index in [2.05, 4.69) is 32.0 Å². The lowest BCUT2D eigenvalue weighted by atomic mass is 10.3. The zero-order valence-corrected chi connectivity index (χ0v) is 15.6. The van der Waals surface area contributed by atoms with Crippen LogP contribution < -0.4 is 0 Å². The molecule has 1 unspecified atom stereocenters. The minimum absolute atomic E-state index is 0.278. The van der Waals surface area contributed by atoms with E-state index >= 15 is 0 Å². The van der Waals surface area contributed by atoms with Gasteiger partial charge in [0.25, 0.3) is 0 Å². The molecular formula is C16H14ClN3O4S2. The molecule has 0 spiro atoms. The lowest BCUT2D eigenvalue weighted by Crippen LogP contribution is -2.10. The van der Waals surface area contributed by atoms with Crippen LogP contribution in [-0.2, 0) is 9.59 Å². The summed E-state index contributed by atoms with van der Waals surface area (Å²) in [6, 6.07) is 8.33. The van der Waals surface area contributed by atoms with Crippen molar-refractivity contribution in [1.29, 1.82) is 0 Å². The first kappa shape index (κ1) is 20.0. The smallest absolute Gasteiger partial charge is 0.414 e. The molecule has 0 radical (unpaired) electrons. The summed E-state index contributed by atoms with van der Waals surface area (Å²) >= 11 is 9.34. The second kappa shape index (κ2) is 9.95. The van der Waals surface area contributed by atoms with Crippen LogP contribution in [0.15, 0.2) is 59.6 Å². The molecule has 0 aromatic carbocycles. The highest BCUT2D eigenvalue weighted by Crippen LogP contribution is 2.29. The first-order valence-corrected chi connectivity index (χ1v) is 9.43. The molecule has 0 fully saturated rings. The molecule has 1 atom stereocenters. The van der Waals surface area contributed by atoms with Gasteiger partial charge < -0.3 is 14.8 Å². The Bertz CT molecular complexity index is 778. The number of carboxylic acids is 2. The van der Waals surface area contributed by atoms with Crippen LogP contribution in [0.3, 0.4) is 0 Å². The van der Waals surface area contributed by atoms with E-state index < -0.39 is 11.9 Å². The van der Waals surface area contributed by atoms with Crippen molar-refractivity contribution >= 4 is 46.6 Å². The van der Waals surface area contributed by atoms with Gasteiger partial charge in [-0.1, -0.05) is 17.7 Å². The Morgan fingerprint density at radius 2 is 2.04 bits per heavy atom. The van der Waals surface area contributed by atoms with Gasteiger partial charge >= 0.3 is 11.9 Å². The van der Waals surface area contributed by atoms with Crippen molar-refractivity contribution in [3.8, 4) is 0 Å². The minimum Gasteiger partial charge on any atom is -0.473 e. The van der Waals surface area contributed by atoms with Crippen LogP contribution in [0.2, 0.25) is 5.02 Å². The monoisotopic (exact) mass is 411 g/mol.